The van der Waals surface area contributed by atoms with Crippen molar-refractivity contribution >= 4 is 11.3 Å². The van der Waals surface area contributed by atoms with Crippen LogP contribution in [0.4, 0.5) is 0 Å². The summed E-state index contributed by atoms with van der Waals surface area (Å²) in [5, 5.41) is 0. The van der Waals surface area contributed by atoms with Gasteiger partial charge in [0.25, 0.3) is 0 Å². The van der Waals surface area contributed by atoms with Gasteiger partial charge in [-0.05, 0) is 30.2 Å². The molecule has 0 fully saturated rings. The number of pyridine rings is 1. The molecule has 0 aliphatic carbocycles. The number of carbonyl (C=O) groups is 1. The van der Waals surface area contributed by atoms with Crippen molar-refractivity contribution in [3.05, 3.63) is 138 Å². The summed E-state index contributed by atoms with van der Waals surface area (Å²) in [6.07, 6.45) is 4.29. The van der Waals surface area contributed by atoms with Crippen LogP contribution in [-0.2, 0) is 0 Å². The first-order valence-corrected chi connectivity index (χ1v) is 10.0. The SMILES string of the molecule is Cc1c(-c2ccccc2)cn2ccccc12.O=C(c1ccccc1)c1ccccc1. The quantitative estimate of drug-likeness (QED) is 0.310. The van der Waals surface area contributed by atoms with Gasteiger partial charge in [-0.3, -0.25) is 4.79 Å². The minimum atomic E-state index is 0.0752. The first-order chi connectivity index (χ1) is 14.7. The predicted molar refractivity (Wildman–Crippen MR) is 124 cm³/mol. The second kappa shape index (κ2) is 9.06. The summed E-state index contributed by atoms with van der Waals surface area (Å²) < 4.78 is 2.18. The average molecular weight is 389 g/mol. The number of ketones is 1. The standard InChI is InChI=1S/C15H13N.C13H10O/c1-12-14(13-7-3-2-4-8-13)11-16-10-6-5-9-15(12)16;14-13(11-7-3-1-4-8-11)12-9-5-2-6-10-12/h2-11H,1H3;1-10H. The molecule has 0 spiro atoms. The molecular weight excluding hydrogens is 366 g/mol. The number of aryl methyl sites for hydroxylation is 1. The largest absolute Gasteiger partial charge is 0.323 e. The van der Waals surface area contributed by atoms with Crippen LogP contribution in [0.3, 0.4) is 0 Å². The molecule has 0 saturated heterocycles. The van der Waals surface area contributed by atoms with Crippen LogP contribution in [0, 0.1) is 6.92 Å². The zero-order valence-electron chi connectivity index (χ0n) is 16.9. The van der Waals surface area contributed by atoms with E-state index in [0.29, 0.717) is 0 Å². The fourth-order valence-electron chi connectivity index (χ4n) is 3.52. The van der Waals surface area contributed by atoms with Gasteiger partial charge in [0.1, 0.15) is 0 Å². The molecule has 3 aromatic carbocycles. The fraction of sp³-hybridized carbons (Fsp3) is 0.0357. The van der Waals surface area contributed by atoms with E-state index in [4.69, 9.17) is 0 Å². The molecule has 2 nitrogen and oxygen atoms in total. The summed E-state index contributed by atoms with van der Waals surface area (Å²) >= 11 is 0. The van der Waals surface area contributed by atoms with E-state index in [0.717, 1.165) is 11.1 Å². The maximum Gasteiger partial charge on any atom is 0.193 e. The van der Waals surface area contributed by atoms with Crippen LogP contribution in [0.15, 0.2) is 122 Å². The van der Waals surface area contributed by atoms with E-state index in [2.05, 4.69) is 72.2 Å². The Morgan fingerprint density at radius 3 is 1.67 bits per heavy atom. The van der Waals surface area contributed by atoms with Crippen molar-refractivity contribution in [2.24, 2.45) is 0 Å². The van der Waals surface area contributed by atoms with Crippen LogP contribution < -0.4 is 0 Å². The van der Waals surface area contributed by atoms with Crippen molar-refractivity contribution in [1.29, 1.82) is 0 Å². The normalized spacial score (nSPS) is 10.3. The maximum atomic E-state index is 11.8. The third kappa shape index (κ3) is 4.23. The van der Waals surface area contributed by atoms with Crippen molar-refractivity contribution in [3.63, 3.8) is 0 Å². The van der Waals surface area contributed by atoms with Crippen LogP contribution in [-0.4, -0.2) is 10.2 Å². The summed E-state index contributed by atoms with van der Waals surface area (Å²) in [6, 6.07) is 35.4. The van der Waals surface area contributed by atoms with Gasteiger partial charge in [0.15, 0.2) is 5.78 Å². The highest BCUT2D eigenvalue weighted by molar-refractivity contribution is 6.08. The molecule has 2 heteroatoms. The lowest BCUT2D eigenvalue weighted by atomic mass is 10.0. The molecule has 2 heterocycles. The van der Waals surface area contributed by atoms with Gasteiger partial charge in [0, 0.05) is 34.6 Å². The number of hydrogen-bond acceptors (Lipinski definition) is 1. The number of benzene rings is 3. The van der Waals surface area contributed by atoms with Gasteiger partial charge >= 0.3 is 0 Å². The van der Waals surface area contributed by atoms with Crippen LogP contribution in [0.1, 0.15) is 21.5 Å². The molecule has 5 aromatic rings. The van der Waals surface area contributed by atoms with Gasteiger partial charge in [-0.1, -0.05) is 97.1 Å². The number of aromatic nitrogens is 1. The molecule has 30 heavy (non-hydrogen) atoms. The van der Waals surface area contributed by atoms with E-state index in [1.165, 1.54) is 22.2 Å². The summed E-state index contributed by atoms with van der Waals surface area (Å²) in [4.78, 5) is 11.8. The molecule has 5 rings (SSSR count). The molecule has 0 saturated carbocycles. The van der Waals surface area contributed by atoms with Crippen molar-refractivity contribution in [3.8, 4) is 11.1 Å². The third-order valence-electron chi connectivity index (χ3n) is 5.10. The summed E-state index contributed by atoms with van der Waals surface area (Å²) in [5.74, 6) is 0.0752. The number of carbonyl (C=O) groups excluding carboxylic acids is 1. The molecule has 146 valence electrons. The molecule has 0 radical (unpaired) electrons. The highest BCUT2D eigenvalue weighted by Gasteiger charge is 2.07. The van der Waals surface area contributed by atoms with E-state index in [-0.39, 0.29) is 5.78 Å². The van der Waals surface area contributed by atoms with Gasteiger partial charge in [-0.2, -0.15) is 0 Å². The Hall–Kier alpha value is -3.91. The summed E-state index contributed by atoms with van der Waals surface area (Å²) in [7, 11) is 0. The minimum Gasteiger partial charge on any atom is -0.323 e. The number of rotatable bonds is 3. The van der Waals surface area contributed by atoms with E-state index in [1.807, 2.05) is 60.7 Å². The predicted octanol–water partition coefficient (Wildman–Crippen LogP) is 6.83. The van der Waals surface area contributed by atoms with Crippen LogP contribution in [0.25, 0.3) is 16.6 Å². The number of hydrogen-bond donors (Lipinski definition) is 0. The Kier molecular flexibility index (Phi) is 5.86. The van der Waals surface area contributed by atoms with Crippen molar-refractivity contribution in [2.75, 3.05) is 0 Å². The Morgan fingerprint density at radius 2 is 1.13 bits per heavy atom. The van der Waals surface area contributed by atoms with E-state index in [9.17, 15) is 4.79 Å². The van der Waals surface area contributed by atoms with Crippen LogP contribution in [0.5, 0.6) is 0 Å². The molecule has 0 aliphatic heterocycles. The smallest absolute Gasteiger partial charge is 0.193 e. The summed E-state index contributed by atoms with van der Waals surface area (Å²) in [5.41, 5.74) is 6.68. The van der Waals surface area contributed by atoms with Gasteiger partial charge in [0.05, 0.1) is 0 Å². The molecule has 0 amide bonds. The number of fused-ring (bicyclic) bond motifs is 1. The maximum absolute atomic E-state index is 11.8. The van der Waals surface area contributed by atoms with Gasteiger partial charge in [-0.15, -0.1) is 0 Å². The zero-order chi connectivity index (χ0) is 20.8. The molecule has 0 aliphatic rings. The fourth-order valence-corrected chi connectivity index (χ4v) is 3.52. The Morgan fingerprint density at radius 1 is 0.633 bits per heavy atom. The molecular formula is C28H23NO. The van der Waals surface area contributed by atoms with Gasteiger partial charge in [0.2, 0.25) is 0 Å². The molecule has 0 bridgehead atoms. The first kappa shape index (κ1) is 19.4. The van der Waals surface area contributed by atoms with Crippen LogP contribution in [0.2, 0.25) is 0 Å². The second-order valence-corrected chi connectivity index (χ2v) is 7.09. The third-order valence-corrected chi connectivity index (χ3v) is 5.10. The molecule has 0 N–H and O–H groups in total. The Labute approximate surface area is 177 Å². The first-order valence-electron chi connectivity index (χ1n) is 10.0. The zero-order valence-corrected chi connectivity index (χ0v) is 16.9. The van der Waals surface area contributed by atoms with Crippen LogP contribution >= 0.6 is 0 Å². The average Bonchev–Trinajstić information content (AvgIpc) is 3.17. The lowest BCUT2D eigenvalue weighted by Gasteiger charge is -1.99. The van der Waals surface area contributed by atoms with E-state index >= 15 is 0 Å². The van der Waals surface area contributed by atoms with Crippen molar-refractivity contribution in [2.45, 2.75) is 6.92 Å². The molecule has 0 atom stereocenters. The van der Waals surface area contributed by atoms with Gasteiger partial charge < -0.3 is 4.40 Å². The highest BCUT2D eigenvalue weighted by atomic mass is 16.1. The Balaban J connectivity index is 0.000000147. The lowest BCUT2D eigenvalue weighted by molar-refractivity contribution is 0.103. The lowest BCUT2D eigenvalue weighted by Crippen LogP contribution is -1.99. The molecule has 0 unspecified atom stereocenters. The topological polar surface area (TPSA) is 21.5 Å². The minimum absolute atomic E-state index is 0.0752. The van der Waals surface area contributed by atoms with E-state index < -0.39 is 0 Å². The Bertz CT molecular complexity index is 1200. The van der Waals surface area contributed by atoms with Gasteiger partial charge in [-0.25, -0.2) is 0 Å². The summed E-state index contributed by atoms with van der Waals surface area (Å²) in [6.45, 7) is 2.18. The molecule has 2 aromatic heterocycles. The van der Waals surface area contributed by atoms with Crippen molar-refractivity contribution < 1.29 is 4.79 Å². The van der Waals surface area contributed by atoms with E-state index in [1.54, 1.807) is 0 Å². The number of nitrogens with zero attached hydrogens (tertiary/aromatic N) is 1. The highest BCUT2D eigenvalue weighted by Crippen LogP contribution is 2.27. The monoisotopic (exact) mass is 389 g/mol. The second-order valence-electron chi connectivity index (χ2n) is 7.09. The van der Waals surface area contributed by atoms with Crippen molar-refractivity contribution in [1.82, 2.24) is 4.40 Å².